The molecule has 0 bridgehead atoms. The van der Waals surface area contributed by atoms with Crippen LogP contribution >= 0.6 is 0 Å². The van der Waals surface area contributed by atoms with Crippen molar-refractivity contribution in [2.24, 2.45) is 0 Å². The van der Waals surface area contributed by atoms with Crippen molar-refractivity contribution < 1.29 is 0 Å². The monoisotopic (exact) mass is 220 g/mol. The van der Waals surface area contributed by atoms with E-state index in [1.165, 1.54) is 23.1 Å². The van der Waals surface area contributed by atoms with Crippen LogP contribution in [0.1, 0.15) is 24.5 Å². The first kappa shape index (κ1) is 11.5. The Hall–Kier alpha value is -2.00. The second-order valence-corrected chi connectivity index (χ2v) is 4.17. The molecule has 0 heterocycles. The van der Waals surface area contributed by atoms with Crippen molar-refractivity contribution in [3.05, 3.63) is 59.7 Å². The SMILES string of the molecule is C#Cc1ccc(-c2ccc(CCC)cc2)cc1. The molecule has 0 aliphatic carbocycles. The zero-order chi connectivity index (χ0) is 12.1. The molecule has 17 heavy (non-hydrogen) atoms. The molecule has 0 spiro atoms. The van der Waals surface area contributed by atoms with E-state index in [9.17, 15) is 0 Å². The highest BCUT2D eigenvalue weighted by Crippen LogP contribution is 2.20. The summed E-state index contributed by atoms with van der Waals surface area (Å²) in [5, 5.41) is 0. The lowest BCUT2D eigenvalue weighted by Gasteiger charge is -2.04. The summed E-state index contributed by atoms with van der Waals surface area (Å²) in [6, 6.07) is 16.9. The number of hydrogen-bond acceptors (Lipinski definition) is 0. The molecule has 0 unspecified atom stereocenters. The second kappa shape index (κ2) is 5.37. The van der Waals surface area contributed by atoms with Gasteiger partial charge in [-0.25, -0.2) is 0 Å². The number of rotatable bonds is 3. The molecule has 0 N–H and O–H groups in total. The van der Waals surface area contributed by atoms with Crippen LogP contribution in [0, 0.1) is 12.3 Å². The van der Waals surface area contributed by atoms with E-state index in [2.05, 4.69) is 49.2 Å². The minimum atomic E-state index is 0.927. The van der Waals surface area contributed by atoms with Gasteiger partial charge >= 0.3 is 0 Å². The number of hydrogen-bond donors (Lipinski definition) is 0. The lowest BCUT2D eigenvalue weighted by molar-refractivity contribution is 0.922. The van der Waals surface area contributed by atoms with Crippen molar-refractivity contribution in [2.75, 3.05) is 0 Å². The van der Waals surface area contributed by atoms with E-state index in [-0.39, 0.29) is 0 Å². The average molecular weight is 220 g/mol. The summed E-state index contributed by atoms with van der Waals surface area (Å²) in [5.41, 5.74) is 4.79. The molecular formula is C17H16. The Labute approximate surface area is 103 Å². The maximum absolute atomic E-state index is 5.34. The van der Waals surface area contributed by atoms with Crippen LogP contribution in [0.3, 0.4) is 0 Å². The van der Waals surface area contributed by atoms with Crippen LogP contribution in [0.25, 0.3) is 11.1 Å². The highest BCUT2D eigenvalue weighted by molar-refractivity contribution is 5.64. The summed E-state index contributed by atoms with van der Waals surface area (Å²) in [6.45, 7) is 2.20. The van der Waals surface area contributed by atoms with E-state index < -0.39 is 0 Å². The van der Waals surface area contributed by atoms with Gasteiger partial charge in [-0.2, -0.15) is 0 Å². The second-order valence-electron chi connectivity index (χ2n) is 4.17. The fourth-order valence-corrected chi connectivity index (χ4v) is 1.91. The number of aryl methyl sites for hydroxylation is 1. The molecule has 0 saturated carbocycles. The Morgan fingerprint density at radius 1 is 0.882 bits per heavy atom. The first-order valence-electron chi connectivity index (χ1n) is 5.99. The molecule has 0 amide bonds. The van der Waals surface area contributed by atoms with Crippen molar-refractivity contribution in [1.29, 1.82) is 0 Å². The van der Waals surface area contributed by atoms with Gasteiger partial charge in [0.15, 0.2) is 0 Å². The molecule has 0 aliphatic heterocycles. The van der Waals surface area contributed by atoms with Gasteiger partial charge in [-0.3, -0.25) is 0 Å². The van der Waals surface area contributed by atoms with E-state index in [4.69, 9.17) is 6.42 Å². The van der Waals surface area contributed by atoms with Gasteiger partial charge in [0.05, 0.1) is 0 Å². The third-order valence-electron chi connectivity index (χ3n) is 2.88. The van der Waals surface area contributed by atoms with Crippen LogP contribution in [-0.4, -0.2) is 0 Å². The maximum Gasteiger partial charge on any atom is 0.0243 e. The summed E-state index contributed by atoms with van der Waals surface area (Å²) < 4.78 is 0. The van der Waals surface area contributed by atoms with Crippen LogP contribution < -0.4 is 0 Å². The van der Waals surface area contributed by atoms with E-state index in [1.807, 2.05) is 12.1 Å². The summed E-state index contributed by atoms with van der Waals surface area (Å²) in [4.78, 5) is 0. The molecule has 0 fully saturated rings. The number of benzene rings is 2. The molecule has 0 saturated heterocycles. The van der Waals surface area contributed by atoms with Crippen LogP contribution in [-0.2, 0) is 6.42 Å². The predicted octanol–water partition coefficient (Wildman–Crippen LogP) is 4.29. The fourth-order valence-electron chi connectivity index (χ4n) is 1.91. The van der Waals surface area contributed by atoms with Gasteiger partial charge in [-0.15, -0.1) is 6.42 Å². The molecule has 0 radical (unpaired) electrons. The fraction of sp³-hybridized carbons (Fsp3) is 0.176. The highest BCUT2D eigenvalue weighted by Gasteiger charge is 1.97. The Morgan fingerprint density at radius 3 is 1.88 bits per heavy atom. The predicted molar refractivity (Wildman–Crippen MR) is 73.8 cm³/mol. The molecule has 2 rings (SSSR count). The molecular weight excluding hydrogens is 204 g/mol. The van der Waals surface area contributed by atoms with E-state index >= 15 is 0 Å². The van der Waals surface area contributed by atoms with Gasteiger partial charge in [-0.1, -0.05) is 55.7 Å². The smallest absolute Gasteiger partial charge is 0.0243 e. The van der Waals surface area contributed by atoms with Gasteiger partial charge in [0.25, 0.3) is 0 Å². The minimum Gasteiger partial charge on any atom is -0.115 e. The molecule has 0 aliphatic rings. The zero-order valence-electron chi connectivity index (χ0n) is 10.1. The molecule has 0 atom stereocenters. The van der Waals surface area contributed by atoms with Crippen molar-refractivity contribution in [2.45, 2.75) is 19.8 Å². The first-order chi connectivity index (χ1) is 8.33. The molecule has 2 aromatic rings. The van der Waals surface area contributed by atoms with Crippen LogP contribution in [0.2, 0.25) is 0 Å². The van der Waals surface area contributed by atoms with E-state index in [0.29, 0.717) is 0 Å². The van der Waals surface area contributed by atoms with E-state index in [1.54, 1.807) is 0 Å². The Kier molecular flexibility index (Phi) is 3.62. The summed E-state index contributed by atoms with van der Waals surface area (Å²) in [6.07, 6.45) is 7.68. The molecule has 0 heteroatoms. The average Bonchev–Trinajstić information content (AvgIpc) is 2.40. The molecule has 84 valence electrons. The zero-order valence-corrected chi connectivity index (χ0v) is 10.1. The molecule has 2 aromatic carbocycles. The van der Waals surface area contributed by atoms with Crippen LogP contribution in [0.5, 0.6) is 0 Å². The van der Waals surface area contributed by atoms with Gasteiger partial charge < -0.3 is 0 Å². The Bertz CT molecular complexity index is 509. The van der Waals surface area contributed by atoms with Crippen molar-refractivity contribution in [1.82, 2.24) is 0 Å². The van der Waals surface area contributed by atoms with Gasteiger partial charge in [0, 0.05) is 5.56 Å². The lowest BCUT2D eigenvalue weighted by Crippen LogP contribution is -1.84. The maximum atomic E-state index is 5.34. The standard InChI is InChI=1S/C17H16/c1-3-5-15-8-12-17(13-9-15)16-10-6-14(4-2)7-11-16/h2,6-13H,3,5H2,1H3. The van der Waals surface area contributed by atoms with E-state index in [0.717, 1.165) is 12.0 Å². The summed E-state index contributed by atoms with van der Waals surface area (Å²) in [5.74, 6) is 2.63. The van der Waals surface area contributed by atoms with Crippen molar-refractivity contribution in [3.8, 4) is 23.5 Å². The molecule has 0 aromatic heterocycles. The van der Waals surface area contributed by atoms with Gasteiger partial charge in [0.1, 0.15) is 0 Å². The minimum absolute atomic E-state index is 0.927. The summed E-state index contributed by atoms with van der Waals surface area (Å²) in [7, 11) is 0. The largest absolute Gasteiger partial charge is 0.115 e. The molecule has 0 nitrogen and oxygen atoms in total. The van der Waals surface area contributed by atoms with Gasteiger partial charge in [-0.05, 0) is 35.2 Å². The third kappa shape index (κ3) is 2.77. The number of terminal acetylenes is 1. The van der Waals surface area contributed by atoms with Crippen molar-refractivity contribution in [3.63, 3.8) is 0 Å². The van der Waals surface area contributed by atoms with Crippen LogP contribution in [0.4, 0.5) is 0 Å². The third-order valence-corrected chi connectivity index (χ3v) is 2.88. The lowest BCUT2D eigenvalue weighted by atomic mass is 10.0. The first-order valence-corrected chi connectivity index (χ1v) is 5.99. The van der Waals surface area contributed by atoms with Gasteiger partial charge in [0.2, 0.25) is 0 Å². The van der Waals surface area contributed by atoms with Crippen molar-refractivity contribution >= 4 is 0 Å². The topological polar surface area (TPSA) is 0 Å². The quantitative estimate of drug-likeness (QED) is 0.677. The summed E-state index contributed by atoms with van der Waals surface area (Å²) >= 11 is 0. The Morgan fingerprint density at radius 2 is 1.41 bits per heavy atom. The normalized spacial score (nSPS) is 9.88. The highest BCUT2D eigenvalue weighted by atomic mass is 14.0. The Balaban J connectivity index is 2.24. The van der Waals surface area contributed by atoms with Crippen LogP contribution in [0.15, 0.2) is 48.5 Å².